The van der Waals surface area contributed by atoms with E-state index in [1.807, 2.05) is 18.5 Å². The topological polar surface area (TPSA) is 43.9 Å². The predicted molar refractivity (Wildman–Crippen MR) is 75.3 cm³/mol. The lowest BCUT2D eigenvalue weighted by atomic mass is 10.3. The lowest BCUT2D eigenvalue weighted by Crippen LogP contribution is -2.01. The van der Waals surface area contributed by atoms with Gasteiger partial charge in [0.25, 0.3) is 0 Å². The van der Waals surface area contributed by atoms with E-state index < -0.39 is 0 Å². The van der Waals surface area contributed by atoms with Crippen LogP contribution in [0.3, 0.4) is 0 Å². The van der Waals surface area contributed by atoms with Gasteiger partial charge in [0.15, 0.2) is 0 Å². The maximum Gasteiger partial charge on any atom is 0.143 e. The second-order valence-corrected chi connectivity index (χ2v) is 5.63. The van der Waals surface area contributed by atoms with Crippen molar-refractivity contribution >= 4 is 11.3 Å². The third-order valence-electron chi connectivity index (χ3n) is 3.03. The minimum absolute atomic E-state index is 0.815. The van der Waals surface area contributed by atoms with E-state index in [1.165, 1.54) is 10.6 Å². The molecule has 0 amide bonds. The molecule has 0 N–H and O–H groups in total. The molecule has 3 rings (SSSR count). The first-order valence-electron chi connectivity index (χ1n) is 6.26. The number of hydrogen-bond acceptors (Lipinski definition) is 4. The highest BCUT2D eigenvalue weighted by molar-refractivity contribution is 7.11. The molecule has 0 spiro atoms. The molecule has 0 bridgehead atoms. The Bertz CT molecular complexity index is 667. The van der Waals surface area contributed by atoms with Crippen LogP contribution in [0.15, 0.2) is 35.4 Å². The standard InChI is InChI=1S/C14H15N3OS/c1-3-12-13(19-10(2)16-12)8-17-6-5-15-14(17)11-4-7-18-9-11/h4-7,9H,3,8H2,1-2H3. The second-order valence-electron chi connectivity index (χ2n) is 4.35. The van der Waals surface area contributed by atoms with Gasteiger partial charge >= 0.3 is 0 Å². The van der Waals surface area contributed by atoms with Crippen molar-refractivity contribution in [2.45, 2.75) is 26.8 Å². The van der Waals surface area contributed by atoms with Crippen LogP contribution in [-0.4, -0.2) is 14.5 Å². The van der Waals surface area contributed by atoms with Crippen LogP contribution in [0.5, 0.6) is 0 Å². The van der Waals surface area contributed by atoms with E-state index in [0.717, 1.165) is 29.4 Å². The molecule has 3 heterocycles. The molecule has 0 aliphatic carbocycles. The maximum absolute atomic E-state index is 5.13. The van der Waals surface area contributed by atoms with Crippen LogP contribution in [0.25, 0.3) is 11.4 Å². The van der Waals surface area contributed by atoms with Gasteiger partial charge in [0.2, 0.25) is 0 Å². The molecule has 0 fully saturated rings. The number of nitrogens with zero attached hydrogens (tertiary/aromatic N) is 3. The van der Waals surface area contributed by atoms with Crippen LogP contribution in [0, 0.1) is 6.92 Å². The average Bonchev–Trinajstić information content (AvgIpc) is 3.09. The number of aromatic nitrogens is 3. The SMILES string of the molecule is CCc1nc(C)sc1Cn1ccnc1-c1ccoc1. The number of hydrogen-bond donors (Lipinski definition) is 0. The molecular formula is C14H15N3OS. The molecule has 98 valence electrons. The van der Waals surface area contributed by atoms with Gasteiger partial charge in [-0.05, 0) is 19.4 Å². The van der Waals surface area contributed by atoms with Gasteiger partial charge in [-0.15, -0.1) is 11.3 Å². The first-order chi connectivity index (χ1) is 9.28. The minimum atomic E-state index is 0.815. The van der Waals surface area contributed by atoms with Crippen LogP contribution in [-0.2, 0) is 13.0 Å². The zero-order valence-electron chi connectivity index (χ0n) is 11.0. The Labute approximate surface area is 115 Å². The van der Waals surface area contributed by atoms with E-state index >= 15 is 0 Å². The molecule has 19 heavy (non-hydrogen) atoms. The van der Waals surface area contributed by atoms with Crippen molar-refractivity contribution in [2.75, 3.05) is 0 Å². The molecule has 5 heteroatoms. The van der Waals surface area contributed by atoms with Gasteiger partial charge in [-0.3, -0.25) is 0 Å². The summed E-state index contributed by atoms with van der Waals surface area (Å²) in [6, 6.07) is 1.93. The highest BCUT2D eigenvalue weighted by Gasteiger charge is 2.12. The largest absolute Gasteiger partial charge is 0.472 e. The van der Waals surface area contributed by atoms with Crippen molar-refractivity contribution in [3.8, 4) is 11.4 Å². The van der Waals surface area contributed by atoms with Gasteiger partial charge in [0.05, 0.1) is 29.1 Å². The van der Waals surface area contributed by atoms with Crippen molar-refractivity contribution in [1.82, 2.24) is 14.5 Å². The van der Waals surface area contributed by atoms with Gasteiger partial charge < -0.3 is 8.98 Å². The molecule has 0 saturated carbocycles. The summed E-state index contributed by atoms with van der Waals surface area (Å²) in [5, 5.41) is 1.12. The average molecular weight is 273 g/mol. The zero-order chi connectivity index (χ0) is 13.2. The van der Waals surface area contributed by atoms with Crippen LogP contribution in [0.2, 0.25) is 0 Å². The summed E-state index contributed by atoms with van der Waals surface area (Å²) in [7, 11) is 0. The normalized spacial score (nSPS) is 11.1. The summed E-state index contributed by atoms with van der Waals surface area (Å²) in [5.41, 5.74) is 2.19. The molecule has 4 nitrogen and oxygen atoms in total. The Balaban J connectivity index is 1.94. The fourth-order valence-corrected chi connectivity index (χ4v) is 3.18. The monoisotopic (exact) mass is 273 g/mol. The van der Waals surface area contributed by atoms with Crippen LogP contribution in [0.1, 0.15) is 22.5 Å². The summed E-state index contributed by atoms with van der Waals surface area (Å²) in [6.45, 7) is 5.01. The number of thiazole rings is 1. The molecule has 3 aromatic rings. The van der Waals surface area contributed by atoms with Crippen molar-refractivity contribution in [1.29, 1.82) is 0 Å². The van der Waals surface area contributed by atoms with E-state index in [4.69, 9.17) is 4.42 Å². The van der Waals surface area contributed by atoms with Crippen LogP contribution >= 0.6 is 11.3 Å². The number of aryl methyl sites for hydroxylation is 2. The molecule has 0 atom stereocenters. The Morgan fingerprint density at radius 3 is 3.05 bits per heavy atom. The fraction of sp³-hybridized carbons (Fsp3) is 0.286. The fourth-order valence-electron chi connectivity index (χ4n) is 2.16. The molecule has 0 aliphatic rings. The van der Waals surface area contributed by atoms with Crippen molar-refractivity contribution in [3.05, 3.63) is 46.6 Å². The number of imidazole rings is 1. The lowest BCUT2D eigenvalue weighted by Gasteiger charge is -2.05. The van der Waals surface area contributed by atoms with Crippen LogP contribution < -0.4 is 0 Å². The number of furan rings is 1. The van der Waals surface area contributed by atoms with Gasteiger partial charge in [0.1, 0.15) is 12.1 Å². The third kappa shape index (κ3) is 2.33. The summed E-state index contributed by atoms with van der Waals surface area (Å²) in [5.74, 6) is 0.932. The zero-order valence-corrected chi connectivity index (χ0v) is 11.8. The molecule has 0 unspecified atom stereocenters. The first kappa shape index (κ1) is 12.2. The molecule has 0 aromatic carbocycles. The predicted octanol–water partition coefficient (Wildman–Crippen LogP) is 3.52. The molecular weight excluding hydrogens is 258 g/mol. The van der Waals surface area contributed by atoms with Gasteiger partial charge in [0, 0.05) is 17.3 Å². The maximum atomic E-state index is 5.13. The molecule has 3 aromatic heterocycles. The third-order valence-corrected chi connectivity index (χ3v) is 4.03. The summed E-state index contributed by atoms with van der Waals surface area (Å²) in [4.78, 5) is 10.3. The van der Waals surface area contributed by atoms with Crippen LogP contribution in [0.4, 0.5) is 0 Å². The Morgan fingerprint density at radius 2 is 2.32 bits per heavy atom. The molecule has 0 radical (unpaired) electrons. The highest BCUT2D eigenvalue weighted by Crippen LogP contribution is 2.23. The highest BCUT2D eigenvalue weighted by atomic mass is 32.1. The van der Waals surface area contributed by atoms with Crippen molar-refractivity contribution in [3.63, 3.8) is 0 Å². The van der Waals surface area contributed by atoms with Crippen molar-refractivity contribution < 1.29 is 4.42 Å². The molecule has 0 aliphatic heterocycles. The van der Waals surface area contributed by atoms with Crippen molar-refractivity contribution in [2.24, 2.45) is 0 Å². The van der Waals surface area contributed by atoms with E-state index in [2.05, 4.69) is 28.4 Å². The Kier molecular flexibility index (Phi) is 3.21. The molecule has 0 saturated heterocycles. The Hall–Kier alpha value is -1.88. The number of rotatable bonds is 4. The smallest absolute Gasteiger partial charge is 0.143 e. The first-order valence-corrected chi connectivity index (χ1v) is 7.08. The van der Waals surface area contributed by atoms with E-state index in [-0.39, 0.29) is 0 Å². The summed E-state index contributed by atoms with van der Waals surface area (Å²) >= 11 is 1.76. The van der Waals surface area contributed by atoms with Gasteiger partial charge in [-0.2, -0.15) is 0 Å². The quantitative estimate of drug-likeness (QED) is 0.730. The van der Waals surface area contributed by atoms with E-state index in [0.29, 0.717) is 0 Å². The van der Waals surface area contributed by atoms with Gasteiger partial charge in [-0.1, -0.05) is 6.92 Å². The minimum Gasteiger partial charge on any atom is -0.472 e. The summed E-state index contributed by atoms with van der Waals surface area (Å²) < 4.78 is 7.27. The summed E-state index contributed by atoms with van der Waals surface area (Å²) in [6.07, 6.45) is 8.17. The lowest BCUT2D eigenvalue weighted by molar-refractivity contribution is 0.567. The van der Waals surface area contributed by atoms with E-state index in [9.17, 15) is 0 Å². The Morgan fingerprint density at radius 1 is 1.42 bits per heavy atom. The second kappa shape index (κ2) is 5.01. The van der Waals surface area contributed by atoms with Gasteiger partial charge in [-0.25, -0.2) is 9.97 Å². The van der Waals surface area contributed by atoms with E-state index in [1.54, 1.807) is 23.9 Å².